The molecule has 1 aliphatic carbocycles. The van der Waals surface area contributed by atoms with E-state index in [2.05, 4.69) is 22.2 Å². The summed E-state index contributed by atoms with van der Waals surface area (Å²) in [4.78, 5) is 22.5. The molecule has 0 radical (unpaired) electrons. The maximum absolute atomic E-state index is 15.8. The molecular weight excluding hydrogens is 435 g/mol. The van der Waals surface area contributed by atoms with Crippen LogP contribution in [0.2, 0.25) is 0 Å². The third kappa shape index (κ3) is 4.75. The molecule has 2 atom stereocenters. The van der Waals surface area contributed by atoms with Gasteiger partial charge in [0.25, 0.3) is 6.43 Å². The molecule has 0 spiro atoms. The van der Waals surface area contributed by atoms with Crippen molar-refractivity contribution in [3.63, 3.8) is 0 Å². The molecule has 178 valence electrons. The lowest BCUT2D eigenvalue weighted by atomic mass is 9.90. The Bertz CT molecular complexity index is 998. The summed E-state index contributed by atoms with van der Waals surface area (Å²) in [5, 5.41) is 5.63. The van der Waals surface area contributed by atoms with Gasteiger partial charge in [-0.25, -0.2) is 27.9 Å². The van der Waals surface area contributed by atoms with Crippen molar-refractivity contribution in [2.75, 3.05) is 31.1 Å². The Morgan fingerprint density at radius 2 is 2.06 bits per heavy atom. The number of nitrogens with one attached hydrogen (secondary N) is 2. The van der Waals surface area contributed by atoms with Crippen LogP contribution in [0.3, 0.4) is 0 Å². The van der Waals surface area contributed by atoms with E-state index in [1.807, 2.05) is 4.90 Å². The third-order valence-electron chi connectivity index (χ3n) is 6.39. The second-order valence-corrected chi connectivity index (χ2v) is 8.67. The first-order valence-electron chi connectivity index (χ1n) is 11.1. The van der Waals surface area contributed by atoms with Crippen molar-refractivity contribution in [3.05, 3.63) is 41.7 Å². The van der Waals surface area contributed by atoms with Crippen LogP contribution < -0.4 is 15.5 Å². The summed E-state index contributed by atoms with van der Waals surface area (Å²) >= 11 is 0. The number of allylic oxidation sites excluding steroid dienone is 1. The van der Waals surface area contributed by atoms with Gasteiger partial charge in [0, 0.05) is 38.0 Å². The van der Waals surface area contributed by atoms with Crippen LogP contribution in [0.15, 0.2) is 35.5 Å². The van der Waals surface area contributed by atoms with Crippen LogP contribution >= 0.6 is 0 Å². The number of anilines is 1. The second-order valence-electron chi connectivity index (χ2n) is 8.67. The first-order chi connectivity index (χ1) is 15.7. The molecule has 0 aromatic carbocycles. The number of nitrogens with zero attached hydrogens (tertiary/aromatic N) is 3. The first-order valence-corrected chi connectivity index (χ1v) is 11.1. The van der Waals surface area contributed by atoms with Gasteiger partial charge in [-0.15, -0.1) is 0 Å². The van der Waals surface area contributed by atoms with E-state index in [9.17, 15) is 13.6 Å². The minimum absolute atomic E-state index is 0.00704. The number of pyridine rings is 1. The van der Waals surface area contributed by atoms with Gasteiger partial charge in [-0.1, -0.05) is 6.58 Å². The minimum Gasteiger partial charge on any atom is -0.435 e. The molecule has 3 fully saturated rings. The van der Waals surface area contributed by atoms with Crippen LogP contribution in [0.1, 0.15) is 37.9 Å². The molecule has 1 saturated carbocycles. The normalized spacial score (nSPS) is 26.0. The van der Waals surface area contributed by atoms with Crippen LogP contribution in [0.4, 0.5) is 23.8 Å². The highest BCUT2D eigenvalue weighted by molar-refractivity contribution is 6.13. The Labute approximate surface area is 190 Å². The number of amidine groups is 1. The molecule has 3 heterocycles. The predicted molar refractivity (Wildman–Crippen MR) is 120 cm³/mol. The summed E-state index contributed by atoms with van der Waals surface area (Å²) in [5.74, 6) is 0.427. The fourth-order valence-corrected chi connectivity index (χ4v) is 4.31. The highest BCUT2D eigenvalue weighted by Gasteiger charge is 2.44. The van der Waals surface area contributed by atoms with Crippen LogP contribution in [0.5, 0.6) is 0 Å². The lowest BCUT2D eigenvalue weighted by molar-refractivity contribution is 0.00249. The smallest absolute Gasteiger partial charge is 0.413 e. The van der Waals surface area contributed by atoms with Crippen molar-refractivity contribution in [3.8, 4) is 0 Å². The van der Waals surface area contributed by atoms with E-state index in [4.69, 9.17) is 9.72 Å². The summed E-state index contributed by atoms with van der Waals surface area (Å²) < 4.78 is 48.4. The number of ether oxygens (including phenoxy) is 1. The number of piperazine rings is 1. The van der Waals surface area contributed by atoms with Crippen molar-refractivity contribution >= 4 is 23.3 Å². The molecule has 2 saturated heterocycles. The molecule has 3 aliphatic rings. The van der Waals surface area contributed by atoms with Gasteiger partial charge >= 0.3 is 6.09 Å². The highest BCUT2D eigenvalue weighted by Crippen LogP contribution is 2.49. The number of alkyl carbamates (subject to hydrolysis) is 1. The highest BCUT2D eigenvalue weighted by atomic mass is 19.3. The summed E-state index contributed by atoms with van der Waals surface area (Å²) in [5.41, 5.74) is -0.455. The molecule has 7 nitrogen and oxygen atoms in total. The predicted octanol–water partition coefficient (Wildman–Crippen LogP) is 3.77. The van der Waals surface area contributed by atoms with Crippen molar-refractivity contribution in [1.82, 2.24) is 15.6 Å². The number of halogens is 3. The molecule has 1 aromatic rings. The molecule has 2 aliphatic heterocycles. The number of cyclic esters (lactones) is 1. The largest absolute Gasteiger partial charge is 0.435 e. The van der Waals surface area contributed by atoms with E-state index in [-0.39, 0.29) is 17.3 Å². The molecular formula is C23H28F3N5O2. The average molecular weight is 464 g/mol. The van der Waals surface area contributed by atoms with E-state index in [1.165, 1.54) is 0 Å². The maximum atomic E-state index is 15.8. The molecule has 1 aromatic heterocycles. The number of amides is 1. The van der Waals surface area contributed by atoms with Gasteiger partial charge < -0.3 is 15.0 Å². The van der Waals surface area contributed by atoms with E-state index in [0.717, 1.165) is 32.1 Å². The van der Waals surface area contributed by atoms with Gasteiger partial charge in [0.05, 0.1) is 5.69 Å². The number of alkyl halides is 3. The Kier molecular flexibility index (Phi) is 6.47. The second kappa shape index (κ2) is 9.17. The third-order valence-corrected chi connectivity index (χ3v) is 6.39. The average Bonchev–Trinajstić information content (AvgIpc) is 3.65. The SMILES string of the molecule is C=CN=C1NC(=O)OC(C(F)F)/C1=C(/C)c1cc(C(C)(F)C2CC2)cc(N2CCNCC2)n1. The number of aliphatic imine (C=N–C) groups is 1. The molecule has 4 rings (SSSR count). The van der Waals surface area contributed by atoms with Crippen LogP contribution in [-0.4, -0.2) is 55.6 Å². The van der Waals surface area contributed by atoms with E-state index in [1.54, 1.807) is 26.0 Å². The van der Waals surface area contributed by atoms with Gasteiger partial charge in [-0.05, 0) is 55.9 Å². The van der Waals surface area contributed by atoms with E-state index >= 15 is 4.39 Å². The Hall–Kier alpha value is -2.88. The van der Waals surface area contributed by atoms with Crippen molar-refractivity contribution in [1.29, 1.82) is 0 Å². The Balaban J connectivity index is 1.87. The van der Waals surface area contributed by atoms with Gasteiger partial charge in [0.1, 0.15) is 17.3 Å². The lowest BCUT2D eigenvalue weighted by Crippen LogP contribution is -2.47. The molecule has 1 amide bonds. The van der Waals surface area contributed by atoms with Crippen molar-refractivity contribution in [2.24, 2.45) is 10.9 Å². The monoisotopic (exact) mass is 463 g/mol. The first kappa shape index (κ1) is 23.3. The zero-order valence-corrected chi connectivity index (χ0v) is 18.7. The number of carbonyl (C=O) groups excluding carboxylic acids is 1. The Morgan fingerprint density at radius 3 is 2.67 bits per heavy atom. The standard InChI is InChI=1S/C23H28F3N5O2/c1-4-28-21-18(19(20(24)25)33-22(32)30-21)13(2)16-11-15(23(3,26)14-5-6-14)12-17(29-16)31-9-7-27-8-10-31/h4,11-12,14,19-20,27H,1,5-10H2,2-3H3,(H,28,30,32)/b18-13+. The van der Waals surface area contributed by atoms with Gasteiger partial charge in [0.2, 0.25) is 0 Å². The van der Waals surface area contributed by atoms with Crippen LogP contribution in [-0.2, 0) is 10.4 Å². The summed E-state index contributed by atoms with van der Waals surface area (Å²) in [7, 11) is 0. The fourth-order valence-electron chi connectivity index (χ4n) is 4.31. The summed E-state index contributed by atoms with van der Waals surface area (Å²) in [6.45, 7) is 9.58. The van der Waals surface area contributed by atoms with Gasteiger partial charge in [0.15, 0.2) is 6.10 Å². The molecule has 2 unspecified atom stereocenters. The number of carbonyl (C=O) groups is 1. The summed E-state index contributed by atoms with van der Waals surface area (Å²) in [6, 6.07) is 3.37. The van der Waals surface area contributed by atoms with E-state index in [0.29, 0.717) is 35.7 Å². The van der Waals surface area contributed by atoms with Gasteiger partial charge in [-0.3, -0.25) is 5.32 Å². The lowest BCUT2D eigenvalue weighted by Gasteiger charge is -2.31. The number of aromatic nitrogens is 1. The van der Waals surface area contributed by atoms with E-state index < -0.39 is 24.3 Å². The fraction of sp³-hybridized carbons (Fsp3) is 0.522. The van der Waals surface area contributed by atoms with Crippen molar-refractivity contribution < 1.29 is 22.7 Å². The zero-order chi connectivity index (χ0) is 23.8. The molecule has 33 heavy (non-hydrogen) atoms. The Morgan fingerprint density at radius 1 is 1.36 bits per heavy atom. The van der Waals surface area contributed by atoms with Crippen LogP contribution in [0.25, 0.3) is 5.57 Å². The van der Waals surface area contributed by atoms with Crippen LogP contribution in [0, 0.1) is 5.92 Å². The maximum Gasteiger partial charge on any atom is 0.413 e. The quantitative estimate of drug-likeness (QED) is 0.672. The topological polar surface area (TPSA) is 78.8 Å². The molecule has 0 bridgehead atoms. The van der Waals surface area contributed by atoms with Gasteiger partial charge in [-0.2, -0.15) is 0 Å². The zero-order valence-electron chi connectivity index (χ0n) is 18.7. The minimum atomic E-state index is -2.98. The molecule has 2 N–H and O–H groups in total. The number of hydrogen-bond donors (Lipinski definition) is 2. The van der Waals surface area contributed by atoms with Crippen molar-refractivity contribution in [2.45, 2.75) is 44.9 Å². The molecule has 10 heteroatoms. The summed E-state index contributed by atoms with van der Waals surface area (Å²) in [6.07, 6.45) is -3.08. The number of rotatable bonds is 6. The number of hydrogen-bond acceptors (Lipinski definition) is 6.